The van der Waals surface area contributed by atoms with Crippen LogP contribution >= 0.6 is 11.6 Å². The van der Waals surface area contributed by atoms with Crippen LogP contribution in [0.2, 0.25) is 19.6 Å². The number of alkyl halides is 1. The first kappa shape index (κ1) is 16.5. The first-order valence-corrected chi connectivity index (χ1v) is 13.2. The summed E-state index contributed by atoms with van der Waals surface area (Å²) in [5.41, 5.74) is 3.46. The van der Waals surface area contributed by atoms with Gasteiger partial charge in [-0.25, -0.2) is 0 Å². The van der Waals surface area contributed by atoms with E-state index in [0.717, 1.165) is 5.50 Å². The summed E-state index contributed by atoms with van der Waals surface area (Å²) in [6.07, 6.45) is 0. The van der Waals surface area contributed by atoms with E-state index < -0.39 is 16.9 Å². The quantitative estimate of drug-likeness (QED) is 0.596. The molecule has 0 amide bonds. The number of hydrogen-bond acceptors (Lipinski definition) is 0. The van der Waals surface area contributed by atoms with Crippen molar-refractivity contribution in [2.24, 2.45) is 0 Å². The molecule has 0 saturated heterocycles. The number of rotatable bonds is 4. The fraction of sp³-hybridized carbons (Fsp3) is 0.333. The first-order chi connectivity index (χ1) is 9.82. The maximum atomic E-state index is 6.38. The van der Waals surface area contributed by atoms with E-state index in [1.54, 1.807) is 5.19 Å². The van der Waals surface area contributed by atoms with Crippen molar-refractivity contribution in [3.63, 3.8) is 0 Å². The molecular formula is C18H24ClSi2. The molecule has 2 rings (SSSR count). The molecule has 0 aliphatic rings. The zero-order chi connectivity index (χ0) is 15.6. The van der Waals surface area contributed by atoms with E-state index in [4.69, 9.17) is 11.6 Å². The highest BCUT2D eigenvalue weighted by Gasteiger charge is 2.22. The summed E-state index contributed by atoms with van der Waals surface area (Å²) in [6.45, 7) is 11.6. The second kappa shape index (κ2) is 6.51. The van der Waals surface area contributed by atoms with E-state index in [1.807, 2.05) is 0 Å². The molecule has 2 aromatic rings. The monoisotopic (exact) mass is 331 g/mol. The Morgan fingerprint density at radius 1 is 1.00 bits per heavy atom. The van der Waals surface area contributed by atoms with Crippen LogP contribution in [0.25, 0.3) is 0 Å². The topological polar surface area (TPSA) is 0 Å². The molecule has 0 N–H and O–H groups in total. The molecule has 0 saturated carbocycles. The summed E-state index contributed by atoms with van der Waals surface area (Å²) in [5, 5.41) is 4.45. The SMILES string of the molecule is Cc1cc([Si](CCl)c2ccccc2C)cc([Si](C)(C)C)c1. The number of hydrogen-bond donors (Lipinski definition) is 0. The van der Waals surface area contributed by atoms with Gasteiger partial charge in [-0.1, -0.05) is 88.8 Å². The van der Waals surface area contributed by atoms with Crippen LogP contribution in [0.4, 0.5) is 0 Å². The number of aryl methyl sites for hydroxylation is 2. The lowest BCUT2D eigenvalue weighted by molar-refractivity contribution is 1.49. The highest BCUT2D eigenvalue weighted by Crippen LogP contribution is 2.06. The predicted octanol–water partition coefficient (Wildman–Crippen LogP) is 3.24. The van der Waals surface area contributed by atoms with Gasteiger partial charge in [-0.05, 0) is 13.8 Å². The molecule has 0 spiro atoms. The van der Waals surface area contributed by atoms with Crippen LogP contribution in [0, 0.1) is 13.8 Å². The van der Waals surface area contributed by atoms with Crippen LogP contribution in [-0.2, 0) is 0 Å². The van der Waals surface area contributed by atoms with Crippen molar-refractivity contribution in [1.82, 2.24) is 0 Å². The van der Waals surface area contributed by atoms with E-state index in [9.17, 15) is 0 Å². The summed E-state index contributed by atoms with van der Waals surface area (Å²) in [4.78, 5) is 0. The second-order valence-corrected chi connectivity index (χ2v) is 15.0. The van der Waals surface area contributed by atoms with Crippen molar-refractivity contribution in [2.45, 2.75) is 33.5 Å². The summed E-state index contributed by atoms with van der Waals surface area (Å²) in [7, 11) is -2.18. The van der Waals surface area contributed by atoms with Crippen LogP contribution in [0.1, 0.15) is 11.1 Å². The fourth-order valence-electron chi connectivity index (χ4n) is 2.61. The molecule has 2 aromatic carbocycles. The Kier molecular flexibility index (Phi) is 5.13. The van der Waals surface area contributed by atoms with Crippen molar-refractivity contribution in [2.75, 3.05) is 5.50 Å². The maximum absolute atomic E-state index is 6.38. The zero-order valence-corrected chi connectivity index (χ0v) is 16.4. The van der Waals surface area contributed by atoms with Crippen LogP contribution in [0.3, 0.4) is 0 Å². The standard InChI is InChI=1S/C18H24ClSi2/c1-14-10-16(12-17(11-14)21(3,4)5)20(13-19)18-9-7-6-8-15(18)2/h6-12H,13H2,1-5H3. The molecule has 1 radical (unpaired) electrons. The molecule has 0 aromatic heterocycles. The van der Waals surface area contributed by atoms with Gasteiger partial charge in [-0.15, -0.1) is 11.6 Å². The maximum Gasteiger partial charge on any atom is 0.136 e. The Balaban J connectivity index is 2.53. The molecular weight excluding hydrogens is 308 g/mol. The van der Waals surface area contributed by atoms with Gasteiger partial charge in [0, 0.05) is 5.50 Å². The molecule has 0 bridgehead atoms. The Morgan fingerprint density at radius 2 is 1.67 bits per heavy atom. The normalized spacial score (nSPS) is 12.0. The van der Waals surface area contributed by atoms with Crippen molar-refractivity contribution < 1.29 is 0 Å². The molecule has 0 fully saturated rings. The molecule has 111 valence electrons. The third-order valence-electron chi connectivity index (χ3n) is 3.90. The molecule has 3 heteroatoms. The van der Waals surface area contributed by atoms with E-state index in [-0.39, 0.29) is 0 Å². The Labute approximate surface area is 136 Å². The zero-order valence-electron chi connectivity index (χ0n) is 13.6. The lowest BCUT2D eigenvalue weighted by atomic mass is 10.2. The van der Waals surface area contributed by atoms with Crippen molar-refractivity contribution >= 4 is 44.0 Å². The smallest absolute Gasteiger partial charge is 0.130 e. The average molecular weight is 332 g/mol. The minimum atomic E-state index is -1.30. The predicted molar refractivity (Wildman–Crippen MR) is 101 cm³/mol. The van der Waals surface area contributed by atoms with Gasteiger partial charge >= 0.3 is 0 Å². The van der Waals surface area contributed by atoms with Gasteiger partial charge in [-0.2, -0.15) is 0 Å². The molecule has 0 unspecified atom stereocenters. The summed E-state index contributed by atoms with van der Waals surface area (Å²) in [6, 6.07) is 15.8. The second-order valence-electron chi connectivity index (χ2n) is 6.76. The summed E-state index contributed by atoms with van der Waals surface area (Å²) >= 11 is 6.38. The van der Waals surface area contributed by atoms with Crippen molar-refractivity contribution in [3.05, 3.63) is 53.6 Å². The van der Waals surface area contributed by atoms with Crippen molar-refractivity contribution in [1.29, 1.82) is 0 Å². The van der Waals surface area contributed by atoms with Gasteiger partial charge in [-0.3, -0.25) is 0 Å². The van der Waals surface area contributed by atoms with E-state index in [0.29, 0.717) is 0 Å². The minimum Gasteiger partial charge on any atom is -0.130 e. The van der Waals surface area contributed by atoms with Crippen LogP contribution < -0.4 is 15.6 Å². The lowest BCUT2D eigenvalue weighted by Gasteiger charge is -2.22. The van der Waals surface area contributed by atoms with Gasteiger partial charge in [0.15, 0.2) is 0 Å². The van der Waals surface area contributed by atoms with E-state index in [1.165, 1.54) is 21.5 Å². The lowest BCUT2D eigenvalue weighted by Crippen LogP contribution is -2.49. The molecule has 0 atom stereocenters. The third kappa shape index (κ3) is 3.88. The van der Waals surface area contributed by atoms with E-state index in [2.05, 4.69) is 76.0 Å². The minimum absolute atomic E-state index is 0.726. The highest BCUT2D eigenvalue weighted by molar-refractivity contribution is 6.92. The van der Waals surface area contributed by atoms with Gasteiger partial charge in [0.25, 0.3) is 0 Å². The van der Waals surface area contributed by atoms with Crippen LogP contribution in [-0.4, -0.2) is 22.4 Å². The third-order valence-corrected chi connectivity index (χ3v) is 9.18. The van der Waals surface area contributed by atoms with Crippen molar-refractivity contribution in [3.8, 4) is 0 Å². The molecule has 0 nitrogen and oxygen atoms in total. The first-order valence-electron chi connectivity index (χ1n) is 7.43. The molecule has 0 aliphatic carbocycles. The molecule has 0 aliphatic heterocycles. The Hall–Kier alpha value is -0.836. The number of benzene rings is 2. The Morgan fingerprint density at radius 3 is 2.24 bits per heavy atom. The fourth-order valence-corrected chi connectivity index (χ4v) is 7.09. The summed E-state index contributed by atoms with van der Waals surface area (Å²) in [5.74, 6) is 0. The molecule has 0 heterocycles. The summed E-state index contributed by atoms with van der Waals surface area (Å²) < 4.78 is 0. The van der Waals surface area contributed by atoms with Gasteiger partial charge in [0.1, 0.15) is 8.80 Å². The van der Waals surface area contributed by atoms with Gasteiger partial charge in [0.2, 0.25) is 0 Å². The average Bonchev–Trinajstić information content (AvgIpc) is 2.40. The van der Waals surface area contributed by atoms with Gasteiger partial charge in [0.05, 0.1) is 8.07 Å². The van der Waals surface area contributed by atoms with Crippen LogP contribution in [0.15, 0.2) is 42.5 Å². The van der Waals surface area contributed by atoms with Crippen LogP contribution in [0.5, 0.6) is 0 Å². The number of halogens is 1. The Bertz CT molecular complexity index is 629. The van der Waals surface area contributed by atoms with Gasteiger partial charge < -0.3 is 0 Å². The van der Waals surface area contributed by atoms with E-state index >= 15 is 0 Å². The largest absolute Gasteiger partial charge is 0.136 e. The molecule has 21 heavy (non-hydrogen) atoms. The highest BCUT2D eigenvalue weighted by atomic mass is 35.5.